The van der Waals surface area contributed by atoms with Crippen LogP contribution in [-0.2, 0) is 9.47 Å². The summed E-state index contributed by atoms with van der Waals surface area (Å²) < 4.78 is 13.3. The SMILES string of the molecule is C[C@H]1C[C@@H]2C=CC[C@@H](Br)[C@@H]2O[C@H](c2ccccc2)[C@@H](c2ccccc2)O1. The van der Waals surface area contributed by atoms with Crippen LogP contribution < -0.4 is 0 Å². The van der Waals surface area contributed by atoms with Crippen molar-refractivity contribution in [3.05, 3.63) is 83.9 Å². The van der Waals surface area contributed by atoms with E-state index in [9.17, 15) is 0 Å². The Morgan fingerprint density at radius 3 is 2.04 bits per heavy atom. The minimum atomic E-state index is -0.125. The Morgan fingerprint density at radius 1 is 0.846 bits per heavy atom. The van der Waals surface area contributed by atoms with Crippen LogP contribution in [0.3, 0.4) is 0 Å². The van der Waals surface area contributed by atoms with E-state index in [1.54, 1.807) is 0 Å². The van der Waals surface area contributed by atoms with Crippen molar-refractivity contribution in [2.75, 3.05) is 0 Å². The summed E-state index contributed by atoms with van der Waals surface area (Å²) in [6.07, 6.45) is 6.66. The summed E-state index contributed by atoms with van der Waals surface area (Å²) in [5, 5.41) is 0. The molecular formula is C23H25BrO2. The molecule has 0 saturated carbocycles. The molecule has 6 atom stereocenters. The number of fused-ring (bicyclic) bond motifs is 1. The molecule has 2 aliphatic rings. The third-order valence-electron chi connectivity index (χ3n) is 5.34. The van der Waals surface area contributed by atoms with Crippen LogP contribution in [0.4, 0.5) is 0 Å². The van der Waals surface area contributed by atoms with Gasteiger partial charge in [-0.25, -0.2) is 0 Å². The van der Waals surface area contributed by atoms with Gasteiger partial charge in [-0.15, -0.1) is 0 Å². The van der Waals surface area contributed by atoms with E-state index in [-0.39, 0.29) is 24.4 Å². The highest BCUT2D eigenvalue weighted by Crippen LogP contribution is 2.43. The van der Waals surface area contributed by atoms with E-state index in [0.717, 1.165) is 12.8 Å². The second-order valence-electron chi connectivity index (χ2n) is 7.29. The molecule has 1 aliphatic heterocycles. The quantitative estimate of drug-likeness (QED) is 0.444. The van der Waals surface area contributed by atoms with Gasteiger partial charge in [-0.05, 0) is 30.9 Å². The number of allylic oxidation sites excluding steroid dienone is 1. The standard InChI is InChI=1S/C23H25BrO2/c1-16-15-19-13-8-14-20(24)21(19)26-23(18-11-6-3-7-12-18)22(25-16)17-9-4-2-5-10-17/h2-13,16,19-23H,14-15H2,1H3/t16-,19-,20+,21+,22+,23+/m0/s1. The Labute approximate surface area is 164 Å². The molecule has 1 fully saturated rings. The molecule has 0 bridgehead atoms. The Kier molecular flexibility index (Phi) is 5.58. The first-order valence-corrected chi connectivity index (χ1v) is 10.4. The monoisotopic (exact) mass is 412 g/mol. The molecule has 0 N–H and O–H groups in total. The fourth-order valence-electron chi connectivity index (χ4n) is 4.09. The van der Waals surface area contributed by atoms with Gasteiger partial charge in [0.05, 0.1) is 12.2 Å². The number of benzene rings is 2. The van der Waals surface area contributed by atoms with Crippen molar-refractivity contribution in [1.29, 1.82) is 0 Å². The maximum Gasteiger partial charge on any atom is 0.113 e. The average molecular weight is 413 g/mol. The lowest BCUT2D eigenvalue weighted by atomic mass is 9.86. The van der Waals surface area contributed by atoms with Crippen LogP contribution >= 0.6 is 15.9 Å². The first kappa shape index (κ1) is 18.0. The number of hydrogen-bond acceptors (Lipinski definition) is 2. The number of rotatable bonds is 2. The van der Waals surface area contributed by atoms with Crippen molar-refractivity contribution in [3.8, 4) is 0 Å². The maximum absolute atomic E-state index is 6.79. The van der Waals surface area contributed by atoms with E-state index >= 15 is 0 Å². The number of ether oxygens (including phenoxy) is 2. The Bertz CT molecular complexity index is 730. The van der Waals surface area contributed by atoms with Crippen LogP contribution in [0.5, 0.6) is 0 Å². The van der Waals surface area contributed by atoms with Crippen LogP contribution in [0.15, 0.2) is 72.8 Å². The number of halogens is 1. The van der Waals surface area contributed by atoms with Crippen molar-refractivity contribution in [2.45, 2.75) is 49.0 Å². The molecule has 0 amide bonds. The van der Waals surface area contributed by atoms with Gasteiger partial charge in [0.25, 0.3) is 0 Å². The lowest BCUT2D eigenvalue weighted by Gasteiger charge is -2.42. The van der Waals surface area contributed by atoms with Crippen LogP contribution in [0.2, 0.25) is 0 Å². The molecule has 0 spiro atoms. The third kappa shape index (κ3) is 3.80. The third-order valence-corrected chi connectivity index (χ3v) is 6.24. The van der Waals surface area contributed by atoms with E-state index in [1.165, 1.54) is 11.1 Å². The minimum Gasteiger partial charge on any atom is -0.367 e. The molecule has 0 aromatic heterocycles. The highest BCUT2D eigenvalue weighted by Gasteiger charge is 2.39. The van der Waals surface area contributed by atoms with E-state index in [4.69, 9.17) is 9.47 Å². The summed E-state index contributed by atoms with van der Waals surface area (Å²) in [7, 11) is 0. The van der Waals surface area contributed by atoms with Crippen LogP contribution in [0.25, 0.3) is 0 Å². The summed E-state index contributed by atoms with van der Waals surface area (Å²) in [6.45, 7) is 2.19. The van der Waals surface area contributed by atoms with E-state index < -0.39 is 0 Å². The van der Waals surface area contributed by atoms with Crippen molar-refractivity contribution in [2.24, 2.45) is 5.92 Å². The van der Waals surface area contributed by atoms with Gasteiger partial charge < -0.3 is 9.47 Å². The van der Waals surface area contributed by atoms with Crippen molar-refractivity contribution >= 4 is 15.9 Å². The summed E-state index contributed by atoms with van der Waals surface area (Å²) in [6, 6.07) is 21.0. The van der Waals surface area contributed by atoms with Gasteiger partial charge in [0.2, 0.25) is 0 Å². The normalized spacial score (nSPS) is 34.5. The molecule has 1 heterocycles. The molecule has 0 unspecified atom stereocenters. The molecule has 26 heavy (non-hydrogen) atoms. The smallest absolute Gasteiger partial charge is 0.113 e. The van der Waals surface area contributed by atoms with Crippen LogP contribution in [0, 0.1) is 5.92 Å². The van der Waals surface area contributed by atoms with Crippen molar-refractivity contribution in [3.63, 3.8) is 0 Å². The summed E-state index contributed by atoms with van der Waals surface area (Å²) in [5.74, 6) is 0.381. The summed E-state index contributed by atoms with van der Waals surface area (Å²) in [4.78, 5) is 0.338. The molecule has 4 rings (SSSR count). The predicted octanol–water partition coefficient (Wildman–Crippen LogP) is 6.00. The molecule has 1 aliphatic carbocycles. The lowest BCUT2D eigenvalue weighted by Crippen LogP contribution is -2.41. The van der Waals surface area contributed by atoms with Gasteiger partial charge in [-0.3, -0.25) is 0 Å². The highest BCUT2D eigenvalue weighted by molar-refractivity contribution is 9.09. The van der Waals surface area contributed by atoms with Crippen LogP contribution in [-0.4, -0.2) is 17.0 Å². The summed E-state index contributed by atoms with van der Waals surface area (Å²) in [5.41, 5.74) is 2.34. The van der Waals surface area contributed by atoms with Crippen molar-refractivity contribution in [1.82, 2.24) is 0 Å². The average Bonchev–Trinajstić information content (AvgIpc) is 2.66. The van der Waals surface area contributed by atoms with Crippen molar-refractivity contribution < 1.29 is 9.47 Å². The van der Waals surface area contributed by atoms with Gasteiger partial charge in [-0.1, -0.05) is 88.7 Å². The Balaban J connectivity index is 1.75. The highest BCUT2D eigenvalue weighted by atomic mass is 79.9. The molecule has 136 valence electrons. The van der Waals surface area contributed by atoms with E-state index in [1.807, 2.05) is 12.1 Å². The predicted molar refractivity (Wildman–Crippen MR) is 108 cm³/mol. The fraction of sp³-hybridized carbons (Fsp3) is 0.391. The first-order chi connectivity index (χ1) is 12.7. The Morgan fingerprint density at radius 2 is 1.42 bits per heavy atom. The molecule has 0 radical (unpaired) electrons. The minimum absolute atomic E-state index is 0.111. The largest absolute Gasteiger partial charge is 0.367 e. The van der Waals surface area contributed by atoms with E-state index in [2.05, 4.69) is 83.5 Å². The number of alkyl halides is 1. The van der Waals surface area contributed by atoms with Gasteiger partial charge in [0, 0.05) is 10.7 Å². The molecule has 1 saturated heterocycles. The second kappa shape index (κ2) is 8.08. The van der Waals surface area contributed by atoms with Gasteiger partial charge in [0.15, 0.2) is 0 Å². The van der Waals surface area contributed by atoms with Gasteiger partial charge in [-0.2, -0.15) is 0 Å². The van der Waals surface area contributed by atoms with E-state index in [0.29, 0.717) is 10.7 Å². The first-order valence-electron chi connectivity index (χ1n) is 9.44. The van der Waals surface area contributed by atoms with Gasteiger partial charge in [0.1, 0.15) is 12.2 Å². The molecule has 2 aromatic carbocycles. The zero-order chi connectivity index (χ0) is 17.9. The molecule has 2 nitrogen and oxygen atoms in total. The lowest BCUT2D eigenvalue weighted by molar-refractivity contribution is -0.162. The second-order valence-corrected chi connectivity index (χ2v) is 8.47. The maximum atomic E-state index is 6.79. The topological polar surface area (TPSA) is 18.5 Å². The van der Waals surface area contributed by atoms with Gasteiger partial charge >= 0.3 is 0 Å². The summed E-state index contributed by atoms with van der Waals surface area (Å²) >= 11 is 3.87. The molecule has 2 aromatic rings. The van der Waals surface area contributed by atoms with Crippen LogP contribution in [0.1, 0.15) is 43.1 Å². The Hall–Kier alpha value is -1.42. The number of hydrogen-bond donors (Lipinski definition) is 0. The fourth-order valence-corrected chi connectivity index (χ4v) is 4.82. The zero-order valence-corrected chi connectivity index (χ0v) is 16.6. The zero-order valence-electron chi connectivity index (χ0n) is 15.0. The molecular weight excluding hydrogens is 388 g/mol. The molecule has 3 heteroatoms.